The third-order valence-electron chi connectivity index (χ3n) is 4.13. The van der Waals surface area contributed by atoms with Gasteiger partial charge in [-0.25, -0.2) is 0 Å². The number of amides is 2. The van der Waals surface area contributed by atoms with Crippen LogP contribution < -0.4 is 10.1 Å². The zero-order chi connectivity index (χ0) is 20.5. The minimum absolute atomic E-state index is 0.0279. The van der Waals surface area contributed by atoms with Gasteiger partial charge < -0.3 is 15.0 Å². The lowest BCUT2D eigenvalue weighted by atomic mass is 10.1. The molecule has 5 nitrogen and oxygen atoms in total. The highest BCUT2D eigenvalue weighted by atomic mass is 16.5. The van der Waals surface area contributed by atoms with E-state index in [9.17, 15) is 9.59 Å². The van der Waals surface area contributed by atoms with Gasteiger partial charge in [-0.2, -0.15) is 0 Å². The van der Waals surface area contributed by atoms with Crippen molar-refractivity contribution in [3.8, 4) is 5.75 Å². The van der Waals surface area contributed by atoms with Crippen molar-refractivity contribution in [2.75, 3.05) is 18.4 Å². The SMILES string of the molecule is CCCN(CCC)C(=O)c1ccc(NC(=O)c2cccc(OC(C)C)c2)cc1. The number of benzene rings is 2. The highest BCUT2D eigenvalue weighted by Crippen LogP contribution is 2.17. The van der Waals surface area contributed by atoms with Crippen molar-refractivity contribution in [1.29, 1.82) is 0 Å². The average molecular weight is 383 g/mol. The Bertz CT molecular complexity index is 779. The third-order valence-corrected chi connectivity index (χ3v) is 4.13. The Balaban J connectivity index is 2.05. The molecule has 2 aromatic carbocycles. The molecule has 0 spiro atoms. The molecule has 0 aliphatic heterocycles. The molecule has 0 unspecified atom stereocenters. The summed E-state index contributed by atoms with van der Waals surface area (Å²) in [6.45, 7) is 9.51. The minimum atomic E-state index is -0.216. The van der Waals surface area contributed by atoms with Gasteiger partial charge in [0.15, 0.2) is 0 Å². The Morgan fingerprint density at radius 2 is 1.61 bits per heavy atom. The second kappa shape index (κ2) is 10.5. The summed E-state index contributed by atoms with van der Waals surface area (Å²) in [6, 6.07) is 14.1. The number of carbonyl (C=O) groups excluding carboxylic acids is 2. The van der Waals surface area contributed by atoms with Crippen molar-refractivity contribution in [1.82, 2.24) is 4.90 Å². The first-order valence-corrected chi connectivity index (χ1v) is 9.92. The Morgan fingerprint density at radius 3 is 2.18 bits per heavy atom. The normalized spacial score (nSPS) is 10.6. The summed E-state index contributed by atoms with van der Waals surface area (Å²) in [6.07, 6.45) is 1.90. The number of anilines is 1. The summed E-state index contributed by atoms with van der Waals surface area (Å²) in [5.74, 6) is 0.475. The fraction of sp³-hybridized carbons (Fsp3) is 0.391. The molecule has 150 valence electrons. The van der Waals surface area contributed by atoms with Crippen LogP contribution in [0, 0.1) is 0 Å². The smallest absolute Gasteiger partial charge is 0.255 e. The van der Waals surface area contributed by atoms with Crippen molar-refractivity contribution in [3.63, 3.8) is 0 Å². The summed E-state index contributed by atoms with van der Waals surface area (Å²) in [4.78, 5) is 27.0. The van der Waals surface area contributed by atoms with E-state index in [0.717, 1.165) is 25.9 Å². The minimum Gasteiger partial charge on any atom is -0.491 e. The van der Waals surface area contributed by atoms with Gasteiger partial charge in [-0.05, 0) is 69.2 Å². The number of rotatable bonds is 9. The fourth-order valence-electron chi connectivity index (χ4n) is 2.92. The first-order chi connectivity index (χ1) is 13.4. The van der Waals surface area contributed by atoms with E-state index in [1.54, 1.807) is 42.5 Å². The lowest BCUT2D eigenvalue weighted by Gasteiger charge is -2.21. The summed E-state index contributed by atoms with van der Waals surface area (Å²) >= 11 is 0. The van der Waals surface area contributed by atoms with Gasteiger partial charge in [-0.15, -0.1) is 0 Å². The quantitative estimate of drug-likeness (QED) is 0.665. The molecular formula is C23H30N2O3. The molecule has 2 aromatic rings. The van der Waals surface area contributed by atoms with Gasteiger partial charge in [0.05, 0.1) is 6.10 Å². The summed E-state index contributed by atoms with van der Waals surface area (Å²) in [5, 5.41) is 2.87. The molecule has 0 aliphatic rings. The first-order valence-electron chi connectivity index (χ1n) is 9.92. The van der Waals surface area contributed by atoms with Gasteiger partial charge in [0.1, 0.15) is 5.75 Å². The predicted octanol–water partition coefficient (Wildman–Crippen LogP) is 4.99. The monoisotopic (exact) mass is 382 g/mol. The van der Waals surface area contributed by atoms with Crippen LogP contribution in [0.2, 0.25) is 0 Å². The van der Waals surface area contributed by atoms with E-state index < -0.39 is 0 Å². The van der Waals surface area contributed by atoms with Crippen LogP contribution >= 0.6 is 0 Å². The molecule has 0 saturated carbocycles. The van der Waals surface area contributed by atoms with E-state index in [-0.39, 0.29) is 17.9 Å². The number of nitrogens with one attached hydrogen (secondary N) is 1. The van der Waals surface area contributed by atoms with E-state index >= 15 is 0 Å². The highest BCUT2D eigenvalue weighted by Gasteiger charge is 2.14. The molecule has 1 N–H and O–H groups in total. The number of carbonyl (C=O) groups is 2. The van der Waals surface area contributed by atoms with Gasteiger partial charge >= 0.3 is 0 Å². The molecule has 0 aromatic heterocycles. The molecule has 0 bridgehead atoms. The Morgan fingerprint density at radius 1 is 0.964 bits per heavy atom. The molecule has 2 amide bonds. The van der Waals surface area contributed by atoms with Crippen LogP contribution in [0.4, 0.5) is 5.69 Å². The van der Waals surface area contributed by atoms with E-state index in [1.807, 2.05) is 24.8 Å². The van der Waals surface area contributed by atoms with Crippen LogP contribution in [-0.2, 0) is 0 Å². The number of hydrogen-bond acceptors (Lipinski definition) is 3. The van der Waals surface area contributed by atoms with Crippen molar-refractivity contribution in [2.45, 2.75) is 46.6 Å². The first kappa shape index (κ1) is 21.5. The maximum absolute atomic E-state index is 12.6. The standard InChI is InChI=1S/C23H30N2O3/c1-5-14-25(15-6-2)23(27)18-10-12-20(13-11-18)24-22(26)19-8-7-9-21(16-19)28-17(3)4/h7-13,16-17H,5-6,14-15H2,1-4H3,(H,24,26). The molecule has 5 heteroatoms. The highest BCUT2D eigenvalue weighted by molar-refractivity contribution is 6.04. The Labute approximate surface area is 167 Å². The Kier molecular flexibility index (Phi) is 8.05. The molecular weight excluding hydrogens is 352 g/mol. The van der Waals surface area contributed by atoms with Crippen LogP contribution in [0.1, 0.15) is 61.3 Å². The Hall–Kier alpha value is -2.82. The van der Waals surface area contributed by atoms with Crippen molar-refractivity contribution in [3.05, 3.63) is 59.7 Å². The largest absolute Gasteiger partial charge is 0.491 e. The second-order valence-electron chi connectivity index (χ2n) is 7.02. The second-order valence-corrected chi connectivity index (χ2v) is 7.02. The van der Waals surface area contributed by atoms with Gasteiger partial charge in [-0.1, -0.05) is 19.9 Å². The van der Waals surface area contributed by atoms with E-state index in [4.69, 9.17) is 4.74 Å². The van der Waals surface area contributed by atoms with Crippen molar-refractivity contribution >= 4 is 17.5 Å². The summed E-state index contributed by atoms with van der Waals surface area (Å²) in [5.41, 5.74) is 1.80. The maximum atomic E-state index is 12.6. The van der Waals surface area contributed by atoms with Gasteiger partial charge in [0, 0.05) is 29.9 Å². The number of hydrogen-bond donors (Lipinski definition) is 1. The molecule has 0 saturated heterocycles. The van der Waals surface area contributed by atoms with Crippen molar-refractivity contribution in [2.24, 2.45) is 0 Å². The average Bonchev–Trinajstić information content (AvgIpc) is 2.67. The molecule has 28 heavy (non-hydrogen) atoms. The molecule has 0 aliphatic carbocycles. The topological polar surface area (TPSA) is 58.6 Å². The van der Waals surface area contributed by atoms with E-state index in [0.29, 0.717) is 22.6 Å². The van der Waals surface area contributed by atoms with Crippen LogP contribution in [0.25, 0.3) is 0 Å². The predicted molar refractivity (Wildman–Crippen MR) is 113 cm³/mol. The van der Waals surface area contributed by atoms with Crippen molar-refractivity contribution < 1.29 is 14.3 Å². The molecule has 0 fully saturated rings. The van der Waals surface area contributed by atoms with Gasteiger partial charge in [-0.3, -0.25) is 9.59 Å². The zero-order valence-electron chi connectivity index (χ0n) is 17.2. The van der Waals surface area contributed by atoms with Gasteiger partial charge in [0.2, 0.25) is 0 Å². The molecule has 2 rings (SSSR count). The van der Waals surface area contributed by atoms with Crippen LogP contribution in [0.5, 0.6) is 5.75 Å². The lowest BCUT2D eigenvalue weighted by molar-refractivity contribution is 0.0755. The molecule has 0 heterocycles. The fourth-order valence-corrected chi connectivity index (χ4v) is 2.92. The number of nitrogens with zero attached hydrogens (tertiary/aromatic N) is 1. The maximum Gasteiger partial charge on any atom is 0.255 e. The third kappa shape index (κ3) is 6.12. The zero-order valence-corrected chi connectivity index (χ0v) is 17.2. The summed E-state index contributed by atoms with van der Waals surface area (Å²) < 4.78 is 5.64. The van der Waals surface area contributed by atoms with Crippen LogP contribution in [-0.4, -0.2) is 35.9 Å². The number of ether oxygens (including phenoxy) is 1. The van der Waals surface area contributed by atoms with Crippen LogP contribution in [0.3, 0.4) is 0 Å². The van der Waals surface area contributed by atoms with Gasteiger partial charge in [0.25, 0.3) is 11.8 Å². The molecule has 0 atom stereocenters. The van der Waals surface area contributed by atoms with Crippen LogP contribution in [0.15, 0.2) is 48.5 Å². The summed E-state index contributed by atoms with van der Waals surface area (Å²) in [7, 11) is 0. The lowest BCUT2D eigenvalue weighted by Crippen LogP contribution is -2.32. The van der Waals surface area contributed by atoms with E-state index in [1.165, 1.54) is 0 Å². The van der Waals surface area contributed by atoms with E-state index in [2.05, 4.69) is 19.2 Å². The molecule has 0 radical (unpaired) electrons.